The van der Waals surface area contributed by atoms with Crippen molar-refractivity contribution in [2.75, 3.05) is 12.4 Å². The maximum Gasteiger partial charge on any atom is 0.247 e. The van der Waals surface area contributed by atoms with Crippen molar-refractivity contribution in [3.05, 3.63) is 117 Å². The summed E-state index contributed by atoms with van der Waals surface area (Å²) in [6.45, 7) is 0.513. The molecular formula is C28H24BrClN2O4S. The van der Waals surface area contributed by atoms with Crippen LogP contribution in [0.5, 0.6) is 11.5 Å². The van der Waals surface area contributed by atoms with Crippen molar-refractivity contribution in [1.82, 2.24) is 4.31 Å². The summed E-state index contributed by atoms with van der Waals surface area (Å²) in [7, 11) is -2.24. The predicted octanol–water partition coefficient (Wildman–Crippen LogP) is 7.01. The van der Waals surface area contributed by atoms with E-state index >= 15 is 0 Å². The first-order valence-corrected chi connectivity index (χ1v) is 14.1. The lowest BCUT2D eigenvalue weighted by Crippen LogP contribution is -2.42. The van der Waals surface area contributed by atoms with Crippen LogP contribution in [0.2, 0.25) is 5.02 Å². The molecule has 0 spiro atoms. The lowest BCUT2D eigenvalue weighted by Gasteiger charge is -2.37. The molecule has 6 nitrogen and oxygen atoms in total. The van der Waals surface area contributed by atoms with Crippen molar-refractivity contribution >= 4 is 43.2 Å². The van der Waals surface area contributed by atoms with Gasteiger partial charge in [-0.1, -0.05) is 66.2 Å². The lowest BCUT2D eigenvalue weighted by atomic mass is 10.1. The minimum Gasteiger partial charge on any atom is -0.493 e. The highest BCUT2D eigenvalue weighted by Gasteiger charge is 2.39. The zero-order valence-electron chi connectivity index (χ0n) is 19.9. The first kappa shape index (κ1) is 25.6. The molecule has 0 saturated carbocycles. The Hall–Kier alpha value is -3.04. The van der Waals surface area contributed by atoms with E-state index in [1.54, 1.807) is 31.4 Å². The molecule has 0 aromatic heterocycles. The lowest BCUT2D eigenvalue weighted by molar-refractivity contribution is 0.281. The van der Waals surface area contributed by atoms with E-state index in [0.717, 1.165) is 11.1 Å². The Bertz CT molecular complexity index is 1520. The molecular weight excluding hydrogens is 576 g/mol. The van der Waals surface area contributed by atoms with Crippen LogP contribution in [-0.2, 0) is 23.2 Å². The van der Waals surface area contributed by atoms with Gasteiger partial charge in [0.2, 0.25) is 10.0 Å². The average Bonchev–Trinajstić information content (AvgIpc) is 2.90. The predicted molar refractivity (Wildman–Crippen MR) is 148 cm³/mol. The second-order valence-electron chi connectivity index (χ2n) is 8.53. The molecule has 1 atom stereocenters. The van der Waals surface area contributed by atoms with Crippen LogP contribution >= 0.6 is 27.5 Å². The molecule has 0 radical (unpaired) electrons. The number of methoxy groups -OCH3 is 1. The van der Waals surface area contributed by atoms with Crippen LogP contribution in [-0.4, -0.2) is 19.8 Å². The van der Waals surface area contributed by atoms with Gasteiger partial charge in [-0.15, -0.1) is 0 Å². The van der Waals surface area contributed by atoms with Crippen LogP contribution in [0.1, 0.15) is 22.9 Å². The third-order valence-electron chi connectivity index (χ3n) is 6.10. The Kier molecular flexibility index (Phi) is 7.44. The number of halogens is 2. The molecule has 190 valence electrons. The standard InChI is InChI=1S/C28H24BrClN2O4S/c1-35-25-16-21(15-23(29)27(25)36-18-20-11-13-22(30)14-12-20)28-31-24-9-5-6-10-26(24)37(33,34)32(28)17-19-7-3-2-4-8-19/h2-16,28,31H,17-18H2,1H3. The molecule has 0 fully saturated rings. The fraction of sp³-hybridized carbons (Fsp3) is 0.143. The smallest absolute Gasteiger partial charge is 0.247 e. The normalized spacial score (nSPS) is 16.5. The second-order valence-corrected chi connectivity index (χ2v) is 11.7. The van der Waals surface area contributed by atoms with Crippen molar-refractivity contribution in [2.24, 2.45) is 0 Å². The van der Waals surface area contributed by atoms with Crippen LogP contribution in [0, 0.1) is 0 Å². The van der Waals surface area contributed by atoms with Crippen molar-refractivity contribution < 1.29 is 17.9 Å². The van der Waals surface area contributed by atoms with E-state index in [-0.39, 0.29) is 11.4 Å². The second kappa shape index (κ2) is 10.8. The highest BCUT2D eigenvalue weighted by atomic mass is 79.9. The van der Waals surface area contributed by atoms with E-state index in [2.05, 4.69) is 21.2 Å². The van der Waals surface area contributed by atoms with E-state index in [1.807, 2.05) is 66.7 Å². The summed E-state index contributed by atoms with van der Waals surface area (Å²) in [6, 6.07) is 27.5. The molecule has 0 amide bonds. The first-order chi connectivity index (χ1) is 17.9. The van der Waals surface area contributed by atoms with E-state index in [1.165, 1.54) is 4.31 Å². The highest BCUT2D eigenvalue weighted by Crippen LogP contribution is 2.44. The summed E-state index contributed by atoms with van der Waals surface area (Å²) in [5.74, 6) is 1.01. The molecule has 4 aromatic carbocycles. The van der Waals surface area contributed by atoms with Gasteiger partial charge in [-0.05, 0) is 69.0 Å². The van der Waals surface area contributed by atoms with Gasteiger partial charge in [-0.25, -0.2) is 8.42 Å². The summed E-state index contributed by atoms with van der Waals surface area (Å²) < 4.78 is 41.4. The Morgan fingerprint density at radius 2 is 1.65 bits per heavy atom. The number of sulfonamides is 1. The van der Waals surface area contributed by atoms with Crippen molar-refractivity contribution in [3.8, 4) is 11.5 Å². The number of rotatable bonds is 7. The van der Waals surface area contributed by atoms with Crippen LogP contribution in [0.3, 0.4) is 0 Å². The molecule has 5 rings (SSSR count). The number of hydrogen-bond acceptors (Lipinski definition) is 5. The third kappa shape index (κ3) is 5.33. The Morgan fingerprint density at radius 3 is 2.38 bits per heavy atom. The Labute approximate surface area is 230 Å². The summed E-state index contributed by atoms with van der Waals surface area (Å²) in [4.78, 5) is 0.246. The molecule has 0 aliphatic carbocycles. The zero-order valence-corrected chi connectivity index (χ0v) is 23.1. The third-order valence-corrected chi connectivity index (χ3v) is 8.81. The van der Waals surface area contributed by atoms with Crippen molar-refractivity contribution in [3.63, 3.8) is 0 Å². The van der Waals surface area contributed by atoms with Gasteiger partial charge >= 0.3 is 0 Å². The maximum atomic E-state index is 13.8. The number of para-hydroxylation sites is 1. The minimum absolute atomic E-state index is 0.198. The van der Waals surface area contributed by atoms with Crippen LogP contribution in [0.25, 0.3) is 0 Å². The molecule has 1 unspecified atom stereocenters. The quantitative estimate of drug-likeness (QED) is 0.248. The minimum atomic E-state index is -3.80. The number of nitrogens with one attached hydrogen (secondary N) is 1. The molecule has 0 bridgehead atoms. The number of fused-ring (bicyclic) bond motifs is 1. The van der Waals surface area contributed by atoms with E-state index in [4.69, 9.17) is 21.1 Å². The average molecular weight is 600 g/mol. The molecule has 0 saturated heterocycles. The maximum absolute atomic E-state index is 13.8. The van der Waals surface area contributed by atoms with Gasteiger partial charge in [0.05, 0.1) is 17.3 Å². The van der Waals surface area contributed by atoms with Gasteiger partial charge in [0, 0.05) is 11.6 Å². The number of benzene rings is 4. The monoisotopic (exact) mass is 598 g/mol. The number of nitrogens with zero attached hydrogens (tertiary/aromatic N) is 1. The summed E-state index contributed by atoms with van der Waals surface area (Å²) in [6.07, 6.45) is -0.671. The number of ether oxygens (including phenoxy) is 2. The van der Waals surface area contributed by atoms with Gasteiger partial charge in [0.25, 0.3) is 0 Å². The molecule has 1 N–H and O–H groups in total. The van der Waals surface area contributed by atoms with Crippen LogP contribution in [0.15, 0.2) is 100 Å². The van der Waals surface area contributed by atoms with Gasteiger partial charge < -0.3 is 14.8 Å². The topological polar surface area (TPSA) is 67.9 Å². The zero-order chi connectivity index (χ0) is 26.0. The number of hydrogen-bond donors (Lipinski definition) is 1. The number of anilines is 1. The Balaban J connectivity index is 1.53. The Morgan fingerprint density at radius 1 is 0.946 bits per heavy atom. The van der Waals surface area contributed by atoms with Gasteiger partial charge in [0.1, 0.15) is 17.7 Å². The largest absolute Gasteiger partial charge is 0.493 e. The van der Waals surface area contributed by atoms with Crippen LogP contribution in [0.4, 0.5) is 5.69 Å². The molecule has 1 heterocycles. The van der Waals surface area contributed by atoms with Gasteiger partial charge in [0.15, 0.2) is 11.5 Å². The summed E-state index contributed by atoms with van der Waals surface area (Å²) in [5, 5.41) is 4.07. The molecule has 1 aliphatic heterocycles. The van der Waals surface area contributed by atoms with Gasteiger partial charge in [-0.2, -0.15) is 4.31 Å². The van der Waals surface area contributed by atoms with Crippen LogP contribution < -0.4 is 14.8 Å². The SMILES string of the molecule is COc1cc(C2Nc3ccccc3S(=O)(=O)N2Cc2ccccc2)cc(Br)c1OCc1ccc(Cl)cc1. The van der Waals surface area contributed by atoms with E-state index in [9.17, 15) is 8.42 Å². The summed E-state index contributed by atoms with van der Waals surface area (Å²) >= 11 is 9.60. The summed E-state index contributed by atoms with van der Waals surface area (Å²) in [5.41, 5.74) is 3.09. The molecule has 37 heavy (non-hydrogen) atoms. The molecule has 4 aromatic rings. The van der Waals surface area contributed by atoms with E-state index < -0.39 is 16.2 Å². The first-order valence-electron chi connectivity index (χ1n) is 11.5. The van der Waals surface area contributed by atoms with Gasteiger partial charge in [-0.3, -0.25) is 0 Å². The molecule has 9 heteroatoms. The van der Waals surface area contributed by atoms with Crippen molar-refractivity contribution in [2.45, 2.75) is 24.2 Å². The fourth-order valence-corrected chi connectivity index (χ4v) is 6.64. The van der Waals surface area contributed by atoms with E-state index in [0.29, 0.717) is 38.9 Å². The van der Waals surface area contributed by atoms with Crippen molar-refractivity contribution in [1.29, 1.82) is 0 Å². The fourth-order valence-electron chi connectivity index (χ4n) is 4.26. The highest BCUT2D eigenvalue weighted by molar-refractivity contribution is 9.10. The molecule has 1 aliphatic rings.